The van der Waals surface area contributed by atoms with Crippen molar-refractivity contribution in [2.75, 3.05) is 36.0 Å². The van der Waals surface area contributed by atoms with Crippen molar-refractivity contribution in [2.45, 2.75) is 6.92 Å². The molecule has 0 aromatic carbocycles. The Morgan fingerprint density at radius 3 is 2.32 bits per heavy atom. The van der Waals surface area contributed by atoms with Crippen LogP contribution in [0.3, 0.4) is 0 Å². The highest BCUT2D eigenvalue weighted by molar-refractivity contribution is 5.45. The van der Waals surface area contributed by atoms with Crippen molar-refractivity contribution in [3.63, 3.8) is 0 Å². The largest absolute Gasteiger partial charge is 0.352 e. The first kappa shape index (κ1) is 15.4. The van der Waals surface area contributed by atoms with E-state index in [1.54, 1.807) is 4.68 Å². The molecular formula is C16H17FN8. The summed E-state index contributed by atoms with van der Waals surface area (Å²) in [5.74, 6) is 1.44. The van der Waals surface area contributed by atoms with Crippen LogP contribution in [0.1, 0.15) is 5.69 Å². The number of rotatable bonds is 3. The molecule has 25 heavy (non-hydrogen) atoms. The maximum atomic E-state index is 13.8. The monoisotopic (exact) mass is 340 g/mol. The van der Waals surface area contributed by atoms with Crippen LogP contribution in [0.15, 0.2) is 36.9 Å². The topological polar surface area (TPSA) is 75.9 Å². The standard InChI is InChI=1S/C16H17FN8/c1-12-4-5-25(22-12)15-3-2-14(20-21-15)23-6-8-24(9-7-23)16-13(17)10-18-11-19-16/h2-5,10-11H,6-9H2,1H3. The van der Waals surface area contributed by atoms with Gasteiger partial charge < -0.3 is 9.80 Å². The average Bonchev–Trinajstić information content (AvgIpc) is 3.09. The number of hydrogen-bond acceptors (Lipinski definition) is 7. The maximum Gasteiger partial charge on any atom is 0.183 e. The van der Waals surface area contributed by atoms with E-state index in [9.17, 15) is 4.39 Å². The summed E-state index contributed by atoms with van der Waals surface area (Å²) in [5.41, 5.74) is 0.930. The molecule has 0 N–H and O–H groups in total. The maximum absolute atomic E-state index is 13.8. The molecule has 3 aromatic heterocycles. The van der Waals surface area contributed by atoms with Crippen LogP contribution < -0.4 is 9.80 Å². The summed E-state index contributed by atoms with van der Waals surface area (Å²) in [6.45, 7) is 4.69. The Morgan fingerprint density at radius 1 is 0.960 bits per heavy atom. The van der Waals surface area contributed by atoms with Crippen molar-refractivity contribution >= 4 is 11.6 Å². The normalized spacial score (nSPS) is 14.8. The van der Waals surface area contributed by atoms with E-state index in [1.165, 1.54) is 12.5 Å². The average molecular weight is 340 g/mol. The quantitative estimate of drug-likeness (QED) is 0.710. The molecule has 0 radical (unpaired) electrons. The van der Waals surface area contributed by atoms with Gasteiger partial charge in [0.05, 0.1) is 11.9 Å². The molecule has 128 valence electrons. The van der Waals surface area contributed by atoms with Gasteiger partial charge in [-0.25, -0.2) is 19.0 Å². The molecule has 1 fully saturated rings. The molecule has 0 unspecified atom stereocenters. The smallest absolute Gasteiger partial charge is 0.183 e. The summed E-state index contributed by atoms with van der Waals surface area (Å²) in [6.07, 6.45) is 4.41. The molecule has 8 nitrogen and oxygen atoms in total. The third-order valence-electron chi connectivity index (χ3n) is 4.14. The van der Waals surface area contributed by atoms with E-state index in [-0.39, 0.29) is 0 Å². The van der Waals surface area contributed by atoms with Gasteiger partial charge in [0.2, 0.25) is 0 Å². The van der Waals surface area contributed by atoms with Gasteiger partial charge in [0.25, 0.3) is 0 Å². The molecule has 0 amide bonds. The predicted molar refractivity (Wildman–Crippen MR) is 90.3 cm³/mol. The van der Waals surface area contributed by atoms with E-state index in [4.69, 9.17) is 0 Å². The second-order valence-corrected chi connectivity index (χ2v) is 5.82. The lowest BCUT2D eigenvalue weighted by Gasteiger charge is -2.35. The van der Waals surface area contributed by atoms with E-state index >= 15 is 0 Å². The van der Waals surface area contributed by atoms with E-state index in [2.05, 4.69) is 30.2 Å². The lowest BCUT2D eigenvalue weighted by molar-refractivity contribution is 0.580. The van der Waals surface area contributed by atoms with Crippen molar-refractivity contribution in [2.24, 2.45) is 0 Å². The predicted octanol–water partition coefficient (Wildman–Crippen LogP) is 1.23. The van der Waals surface area contributed by atoms with Gasteiger partial charge in [0.1, 0.15) is 6.33 Å². The molecule has 1 aliphatic rings. The minimum Gasteiger partial charge on any atom is -0.352 e. The Hall–Kier alpha value is -3.10. The lowest BCUT2D eigenvalue weighted by Crippen LogP contribution is -2.47. The van der Waals surface area contributed by atoms with Crippen molar-refractivity contribution in [3.8, 4) is 5.82 Å². The molecule has 0 bridgehead atoms. The van der Waals surface area contributed by atoms with Crippen LogP contribution in [-0.4, -0.2) is 56.1 Å². The van der Waals surface area contributed by atoms with Crippen LogP contribution in [-0.2, 0) is 0 Å². The van der Waals surface area contributed by atoms with Crippen LogP contribution in [0.4, 0.5) is 16.0 Å². The first-order chi connectivity index (χ1) is 12.2. The van der Waals surface area contributed by atoms with Crippen molar-refractivity contribution < 1.29 is 4.39 Å². The van der Waals surface area contributed by atoms with Crippen molar-refractivity contribution in [3.05, 3.63) is 48.4 Å². The Balaban J connectivity index is 1.43. The number of nitrogens with zero attached hydrogens (tertiary/aromatic N) is 8. The third kappa shape index (κ3) is 3.12. The number of halogens is 1. The minimum absolute atomic E-state index is 0.352. The van der Waals surface area contributed by atoms with E-state index in [0.717, 1.165) is 24.6 Å². The van der Waals surface area contributed by atoms with Crippen LogP contribution in [0.5, 0.6) is 0 Å². The summed E-state index contributed by atoms with van der Waals surface area (Å²) in [7, 11) is 0. The fourth-order valence-corrected chi connectivity index (χ4v) is 2.84. The number of aromatic nitrogens is 6. The molecule has 0 spiro atoms. The summed E-state index contributed by atoms with van der Waals surface area (Å²) < 4.78 is 15.5. The lowest BCUT2D eigenvalue weighted by atomic mass is 10.3. The highest BCUT2D eigenvalue weighted by atomic mass is 19.1. The SMILES string of the molecule is Cc1ccn(-c2ccc(N3CCN(c4ncncc4F)CC3)nn2)n1. The first-order valence-electron chi connectivity index (χ1n) is 8.02. The number of aryl methyl sites for hydroxylation is 1. The van der Waals surface area contributed by atoms with Gasteiger partial charge in [-0.1, -0.05) is 0 Å². The number of hydrogen-bond donors (Lipinski definition) is 0. The van der Waals surface area contributed by atoms with Gasteiger partial charge in [-0.2, -0.15) is 5.10 Å². The van der Waals surface area contributed by atoms with Crippen LogP contribution >= 0.6 is 0 Å². The summed E-state index contributed by atoms with van der Waals surface area (Å²) in [6, 6.07) is 5.74. The molecule has 0 atom stereocenters. The van der Waals surface area contributed by atoms with Gasteiger partial charge >= 0.3 is 0 Å². The molecule has 1 saturated heterocycles. The minimum atomic E-state index is -0.394. The molecule has 4 rings (SSSR count). The molecule has 1 aliphatic heterocycles. The summed E-state index contributed by atoms with van der Waals surface area (Å²) in [5, 5.41) is 12.9. The van der Waals surface area contributed by atoms with Crippen LogP contribution in [0.25, 0.3) is 5.82 Å². The second-order valence-electron chi connectivity index (χ2n) is 5.82. The van der Waals surface area contributed by atoms with E-state index < -0.39 is 5.82 Å². The molecular weight excluding hydrogens is 323 g/mol. The van der Waals surface area contributed by atoms with E-state index in [0.29, 0.717) is 24.7 Å². The van der Waals surface area contributed by atoms with Crippen LogP contribution in [0.2, 0.25) is 0 Å². The number of piperazine rings is 1. The fraction of sp³-hybridized carbons (Fsp3) is 0.312. The molecule has 0 aliphatic carbocycles. The van der Waals surface area contributed by atoms with Gasteiger partial charge in [-0.15, -0.1) is 10.2 Å². The Morgan fingerprint density at radius 2 is 1.68 bits per heavy atom. The van der Waals surface area contributed by atoms with E-state index in [1.807, 2.05) is 36.2 Å². The van der Waals surface area contributed by atoms with Crippen molar-refractivity contribution in [1.29, 1.82) is 0 Å². The van der Waals surface area contributed by atoms with Gasteiger partial charge in [-0.3, -0.25) is 0 Å². The highest BCUT2D eigenvalue weighted by Crippen LogP contribution is 2.19. The molecule has 9 heteroatoms. The Bertz CT molecular complexity index is 855. The molecule has 3 aromatic rings. The molecule has 4 heterocycles. The van der Waals surface area contributed by atoms with Gasteiger partial charge in [0, 0.05) is 32.4 Å². The Kier molecular flexibility index (Phi) is 3.96. The van der Waals surface area contributed by atoms with Crippen LogP contribution in [0, 0.1) is 12.7 Å². The van der Waals surface area contributed by atoms with Gasteiger partial charge in [-0.05, 0) is 25.1 Å². The third-order valence-corrected chi connectivity index (χ3v) is 4.14. The first-order valence-corrected chi connectivity index (χ1v) is 8.02. The zero-order valence-corrected chi connectivity index (χ0v) is 13.7. The zero-order chi connectivity index (χ0) is 17.2. The summed E-state index contributed by atoms with van der Waals surface area (Å²) in [4.78, 5) is 11.8. The van der Waals surface area contributed by atoms with Gasteiger partial charge in [0.15, 0.2) is 23.3 Å². The highest BCUT2D eigenvalue weighted by Gasteiger charge is 2.21. The second kappa shape index (κ2) is 6.42. The Labute approximate surface area is 144 Å². The fourth-order valence-electron chi connectivity index (χ4n) is 2.84. The van der Waals surface area contributed by atoms with Crippen molar-refractivity contribution in [1.82, 2.24) is 29.9 Å². The zero-order valence-electron chi connectivity index (χ0n) is 13.7. The summed E-state index contributed by atoms with van der Waals surface area (Å²) >= 11 is 0. The molecule has 0 saturated carbocycles. The number of anilines is 2.